The quantitative estimate of drug-likeness (QED) is 0.592. The maximum absolute atomic E-state index is 12.9. The van der Waals surface area contributed by atoms with Gasteiger partial charge < -0.3 is 19.5 Å². The second-order valence-electron chi connectivity index (χ2n) is 7.14. The van der Waals surface area contributed by atoms with Crippen molar-refractivity contribution in [3.8, 4) is 5.75 Å². The molecule has 30 heavy (non-hydrogen) atoms. The van der Waals surface area contributed by atoms with E-state index >= 15 is 0 Å². The molecule has 0 atom stereocenters. The van der Waals surface area contributed by atoms with Crippen LogP contribution in [-0.2, 0) is 13.6 Å². The van der Waals surface area contributed by atoms with Gasteiger partial charge in [-0.1, -0.05) is 50.2 Å². The average molecular weight is 408 g/mol. The van der Waals surface area contributed by atoms with Gasteiger partial charge in [-0.3, -0.25) is 9.59 Å². The zero-order valence-corrected chi connectivity index (χ0v) is 17.9. The predicted octanol–water partition coefficient (Wildman–Crippen LogP) is 3.19. The Morgan fingerprint density at radius 1 is 1.07 bits per heavy atom. The first-order valence-corrected chi connectivity index (χ1v) is 10.3. The molecule has 1 aromatic heterocycles. The molecule has 158 valence electrons. The number of nitrogens with zero attached hydrogens (tertiary/aromatic N) is 2. The van der Waals surface area contributed by atoms with E-state index in [1.807, 2.05) is 48.5 Å². The smallest absolute Gasteiger partial charge is 0.252 e. The number of likely N-dealkylation sites (N-methyl/N-ethyl adjacent to an activating group) is 1. The van der Waals surface area contributed by atoms with Gasteiger partial charge in [0, 0.05) is 37.2 Å². The van der Waals surface area contributed by atoms with Gasteiger partial charge in [0.15, 0.2) is 0 Å². The summed E-state index contributed by atoms with van der Waals surface area (Å²) in [6.07, 6.45) is 0. The topological polar surface area (TPSA) is 63.6 Å². The summed E-state index contributed by atoms with van der Waals surface area (Å²) in [5.41, 5.74) is 1.81. The highest BCUT2D eigenvalue weighted by atomic mass is 16.5. The minimum atomic E-state index is -0.276. The number of fused-ring (bicyclic) bond motifs is 1. The van der Waals surface area contributed by atoms with Gasteiger partial charge in [-0.25, -0.2) is 0 Å². The van der Waals surface area contributed by atoms with Crippen molar-refractivity contribution in [1.82, 2.24) is 14.8 Å². The summed E-state index contributed by atoms with van der Waals surface area (Å²) in [7, 11) is 1.71. The Hall–Kier alpha value is -3.12. The zero-order chi connectivity index (χ0) is 21.5. The molecule has 6 nitrogen and oxygen atoms in total. The van der Waals surface area contributed by atoms with E-state index in [2.05, 4.69) is 24.1 Å². The van der Waals surface area contributed by atoms with E-state index in [0.717, 1.165) is 41.9 Å². The number of aryl methyl sites for hydroxylation is 1. The number of amides is 1. The summed E-state index contributed by atoms with van der Waals surface area (Å²) < 4.78 is 7.51. The molecule has 1 N–H and O–H groups in total. The molecule has 0 aliphatic heterocycles. The van der Waals surface area contributed by atoms with Crippen LogP contribution in [0.1, 0.15) is 29.8 Å². The van der Waals surface area contributed by atoms with E-state index in [4.69, 9.17) is 4.74 Å². The summed E-state index contributed by atoms with van der Waals surface area (Å²) in [6.45, 7) is 8.01. The lowest BCUT2D eigenvalue weighted by atomic mass is 10.1. The molecule has 1 heterocycles. The third-order valence-electron chi connectivity index (χ3n) is 5.37. The van der Waals surface area contributed by atoms with Crippen LogP contribution in [0.3, 0.4) is 0 Å². The Bertz CT molecular complexity index is 1070. The SMILES string of the molecule is CCN(CC)CCOc1ccccc1CNC(=O)c1cc(=O)n(C)c2ccccc12. The maximum Gasteiger partial charge on any atom is 0.252 e. The van der Waals surface area contributed by atoms with Crippen LogP contribution in [0.4, 0.5) is 0 Å². The molecule has 3 rings (SSSR count). The molecule has 1 amide bonds. The highest BCUT2D eigenvalue weighted by Crippen LogP contribution is 2.19. The van der Waals surface area contributed by atoms with E-state index in [9.17, 15) is 9.59 Å². The van der Waals surface area contributed by atoms with Crippen LogP contribution in [0.5, 0.6) is 5.75 Å². The van der Waals surface area contributed by atoms with Crippen molar-refractivity contribution in [1.29, 1.82) is 0 Å². The van der Waals surface area contributed by atoms with Crippen LogP contribution in [-0.4, -0.2) is 41.6 Å². The second kappa shape index (κ2) is 10.1. The molecule has 0 radical (unpaired) electrons. The third-order valence-corrected chi connectivity index (χ3v) is 5.37. The summed E-state index contributed by atoms with van der Waals surface area (Å²) in [4.78, 5) is 27.4. The number of nitrogens with one attached hydrogen (secondary N) is 1. The van der Waals surface area contributed by atoms with Crippen molar-refractivity contribution in [2.75, 3.05) is 26.2 Å². The standard InChI is InChI=1S/C24H29N3O3/c1-4-27(5-2)14-15-30-22-13-9-6-10-18(22)17-25-24(29)20-16-23(28)26(3)21-12-8-7-11-19(20)21/h6-13,16H,4-5,14-15,17H2,1-3H3,(H,25,29). The van der Waals surface area contributed by atoms with Gasteiger partial charge in [0.25, 0.3) is 11.5 Å². The number of para-hydroxylation sites is 2. The number of ether oxygens (including phenoxy) is 1. The molecule has 0 saturated carbocycles. The normalized spacial score (nSPS) is 11.1. The van der Waals surface area contributed by atoms with Gasteiger partial charge in [-0.05, 0) is 25.2 Å². The van der Waals surface area contributed by atoms with Crippen molar-refractivity contribution >= 4 is 16.8 Å². The average Bonchev–Trinajstić information content (AvgIpc) is 2.78. The van der Waals surface area contributed by atoms with E-state index in [0.29, 0.717) is 18.7 Å². The highest BCUT2D eigenvalue weighted by Gasteiger charge is 2.14. The molecule has 0 spiro atoms. The van der Waals surface area contributed by atoms with Gasteiger partial charge >= 0.3 is 0 Å². The highest BCUT2D eigenvalue weighted by molar-refractivity contribution is 6.06. The largest absolute Gasteiger partial charge is 0.492 e. The zero-order valence-electron chi connectivity index (χ0n) is 17.9. The molecule has 0 unspecified atom stereocenters. The lowest BCUT2D eigenvalue weighted by Crippen LogP contribution is -2.28. The number of carbonyl (C=O) groups excluding carboxylic acids is 1. The molecule has 0 saturated heterocycles. The lowest BCUT2D eigenvalue weighted by Gasteiger charge is -2.19. The van der Waals surface area contributed by atoms with Crippen molar-refractivity contribution in [2.45, 2.75) is 20.4 Å². The van der Waals surface area contributed by atoms with Crippen LogP contribution in [0, 0.1) is 0 Å². The van der Waals surface area contributed by atoms with Crippen LogP contribution in [0.2, 0.25) is 0 Å². The fourth-order valence-corrected chi connectivity index (χ4v) is 3.48. The lowest BCUT2D eigenvalue weighted by molar-refractivity contribution is 0.0952. The van der Waals surface area contributed by atoms with Gasteiger partial charge in [0.1, 0.15) is 12.4 Å². The molecular weight excluding hydrogens is 378 g/mol. The van der Waals surface area contributed by atoms with Crippen molar-refractivity contribution < 1.29 is 9.53 Å². The number of rotatable bonds is 9. The second-order valence-corrected chi connectivity index (χ2v) is 7.14. The van der Waals surface area contributed by atoms with Crippen molar-refractivity contribution in [3.05, 3.63) is 76.1 Å². The van der Waals surface area contributed by atoms with Gasteiger partial charge in [-0.2, -0.15) is 0 Å². The van der Waals surface area contributed by atoms with Crippen LogP contribution < -0.4 is 15.6 Å². The number of carbonyl (C=O) groups is 1. The maximum atomic E-state index is 12.9. The Kier molecular flexibility index (Phi) is 7.25. The molecule has 0 fully saturated rings. The van der Waals surface area contributed by atoms with E-state index < -0.39 is 0 Å². The van der Waals surface area contributed by atoms with Crippen LogP contribution >= 0.6 is 0 Å². The van der Waals surface area contributed by atoms with Crippen LogP contribution in [0.15, 0.2) is 59.4 Å². The monoisotopic (exact) mass is 407 g/mol. The van der Waals surface area contributed by atoms with Gasteiger partial charge in [0.2, 0.25) is 0 Å². The Balaban J connectivity index is 1.72. The first-order chi connectivity index (χ1) is 14.5. The first kappa shape index (κ1) is 21.6. The minimum Gasteiger partial charge on any atom is -0.492 e. The van der Waals surface area contributed by atoms with Crippen molar-refractivity contribution in [3.63, 3.8) is 0 Å². The molecule has 0 aliphatic rings. The fourth-order valence-electron chi connectivity index (χ4n) is 3.48. The fraction of sp³-hybridized carbons (Fsp3) is 0.333. The summed E-state index contributed by atoms with van der Waals surface area (Å²) in [6, 6.07) is 16.5. The number of aromatic nitrogens is 1. The number of hydrogen-bond donors (Lipinski definition) is 1. The Labute approximate surface area is 177 Å². The summed E-state index contributed by atoms with van der Waals surface area (Å²) in [5.74, 6) is 0.487. The van der Waals surface area contributed by atoms with Gasteiger partial charge in [-0.15, -0.1) is 0 Å². The predicted molar refractivity (Wildman–Crippen MR) is 120 cm³/mol. The number of benzene rings is 2. The van der Waals surface area contributed by atoms with E-state index in [1.165, 1.54) is 6.07 Å². The molecule has 0 aliphatic carbocycles. The molecule has 0 bridgehead atoms. The van der Waals surface area contributed by atoms with Crippen molar-refractivity contribution in [2.24, 2.45) is 7.05 Å². The Morgan fingerprint density at radius 3 is 2.53 bits per heavy atom. The van der Waals surface area contributed by atoms with E-state index in [1.54, 1.807) is 11.6 Å². The number of pyridine rings is 1. The molecule has 2 aromatic carbocycles. The minimum absolute atomic E-state index is 0.209. The number of hydrogen-bond acceptors (Lipinski definition) is 4. The summed E-state index contributed by atoms with van der Waals surface area (Å²) in [5, 5.41) is 3.69. The third kappa shape index (κ3) is 4.89. The summed E-state index contributed by atoms with van der Waals surface area (Å²) >= 11 is 0. The molecule has 3 aromatic rings. The van der Waals surface area contributed by atoms with Crippen LogP contribution in [0.25, 0.3) is 10.9 Å². The Morgan fingerprint density at radius 2 is 1.77 bits per heavy atom. The molecular formula is C24H29N3O3. The molecule has 6 heteroatoms. The van der Waals surface area contributed by atoms with E-state index in [-0.39, 0.29) is 11.5 Å². The first-order valence-electron chi connectivity index (χ1n) is 10.3. The van der Waals surface area contributed by atoms with Gasteiger partial charge in [0.05, 0.1) is 11.1 Å².